The summed E-state index contributed by atoms with van der Waals surface area (Å²) in [5.74, 6) is 0. The van der Waals surface area contributed by atoms with Gasteiger partial charge in [-0.25, -0.2) is 0 Å². The molecule has 0 N–H and O–H groups in total. The van der Waals surface area contributed by atoms with Crippen molar-refractivity contribution in [3.05, 3.63) is 29.8 Å². The third kappa shape index (κ3) is 2.02. The Balaban J connectivity index is 2.89. The molecule has 0 bridgehead atoms. The summed E-state index contributed by atoms with van der Waals surface area (Å²) >= 11 is -0.934. The van der Waals surface area contributed by atoms with E-state index in [4.69, 9.17) is 0 Å². The molecule has 0 aliphatic carbocycles. The van der Waals surface area contributed by atoms with Gasteiger partial charge in [-0.05, 0) is 0 Å². The molecule has 0 radical (unpaired) electrons. The predicted molar refractivity (Wildman–Crippen MR) is 48.3 cm³/mol. The number of rotatable bonds is 1. The third-order valence-electron chi connectivity index (χ3n) is 1.55. The average molecular weight is 243 g/mol. The van der Waals surface area contributed by atoms with Crippen LogP contribution >= 0.6 is 0 Å². The van der Waals surface area contributed by atoms with E-state index in [0.717, 1.165) is 0 Å². The molecule has 0 aromatic heterocycles. The normalized spacial score (nSPS) is 10.4. The first-order valence-corrected chi connectivity index (χ1v) is 9.82. The van der Waals surface area contributed by atoms with Crippen LogP contribution in [0.25, 0.3) is 0 Å². The Hall–Kier alpha value is 0.0382. The molecule has 1 aromatic carbocycles. The van der Waals surface area contributed by atoms with Crippen molar-refractivity contribution in [2.24, 2.45) is 0 Å². The molecule has 0 spiro atoms. The molecular weight excluding hydrogens is 230 g/mol. The standard InChI is InChI=1S/C7H7.2CH3.Sb/c1-7-5-3-2-4-6-7;;;/h3-6H,1H3;2*1H3;. The van der Waals surface area contributed by atoms with Crippen LogP contribution in [0.5, 0.6) is 0 Å². The van der Waals surface area contributed by atoms with Gasteiger partial charge in [0.15, 0.2) is 0 Å². The van der Waals surface area contributed by atoms with Crippen LogP contribution in [0.15, 0.2) is 24.3 Å². The van der Waals surface area contributed by atoms with E-state index in [1.165, 1.54) is 5.56 Å². The van der Waals surface area contributed by atoms with Gasteiger partial charge in [-0.2, -0.15) is 0 Å². The Morgan fingerprint density at radius 1 is 1.00 bits per heavy atom. The van der Waals surface area contributed by atoms with Gasteiger partial charge in [-0.15, -0.1) is 0 Å². The maximum absolute atomic E-state index is 2.40. The van der Waals surface area contributed by atoms with Crippen molar-refractivity contribution in [1.29, 1.82) is 0 Å². The van der Waals surface area contributed by atoms with Gasteiger partial charge in [-0.1, -0.05) is 0 Å². The van der Waals surface area contributed by atoms with E-state index in [1.54, 1.807) is 3.51 Å². The first-order chi connectivity index (χ1) is 4.70. The molecule has 0 saturated heterocycles. The Bertz CT molecular complexity index is 198. The van der Waals surface area contributed by atoms with Crippen LogP contribution in [0.4, 0.5) is 0 Å². The zero-order valence-corrected chi connectivity index (χ0v) is 9.31. The summed E-state index contributed by atoms with van der Waals surface area (Å²) in [5, 5.41) is 0. The SMILES string of the molecule is Cc1cc[c]([Sb]([CH3])[CH3])cc1. The molecule has 0 amide bonds. The summed E-state index contributed by atoms with van der Waals surface area (Å²) in [6.45, 7) is 2.14. The van der Waals surface area contributed by atoms with Gasteiger partial charge in [0.1, 0.15) is 0 Å². The molecule has 1 heteroatoms. The summed E-state index contributed by atoms with van der Waals surface area (Å²) in [5.41, 5.74) is 1.37. The van der Waals surface area contributed by atoms with Crippen molar-refractivity contribution < 1.29 is 0 Å². The number of benzene rings is 1. The second-order valence-corrected chi connectivity index (χ2v) is 9.31. The molecular formula is C9H13Sb. The summed E-state index contributed by atoms with van der Waals surface area (Å²) in [7, 11) is 0. The van der Waals surface area contributed by atoms with Gasteiger partial charge >= 0.3 is 70.2 Å². The summed E-state index contributed by atoms with van der Waals surface area (Å²) < 4.78 is 1.61. The van der Waals surface area contributed by atoms with Crippen LogP contribution < -0.4 is 3.51 Å². The third-order valence-corrected chi connectivity index (χ3v) is 5.35. The van der Waals surface area contributed by atoms with Gasteiger partial charge in [0, 0.05) is 0 Å². The monoisotopic (exact) mass is 242 g/mol. The Kier molecular flexibility index (Phi) is 2.80. The van der Waals surface area contributed by atoms with Crippen molar-refractivity contribution in [1.82, 2.24) is 0 Å². The molecule has 0 aliphatic heterocycles. The van der Waals surface area contributed by atoms with E-state index in [9.17, 15) is 0 Å². The van der Waals surface area contributed by atoms with Crippen LogP contribution in [0, 0.1) is 6.92 Å². The summed E-state index contributed by atoms with van der Waals surface area (Å²) in [6, 6.07) is 8.97. The summed E-state index contributed by atoms with van der Waals surface area (Å²) in [6.07, 6.45) is 0. The van der Waals surface area contributed by atoms with E-state index < -0.39 is 20.2 Å². The fourth-order valence-corrected chi connectivity index (χ4v) is 2.97. The molecule has 0 fully saturated rings. The van der Waals surface area contributed by atoms with E-state index in [0.29, 0.717) is 0 Å². The number of aryl methyl sites for hydroxylation is 1. The maximum atomic E-state index is 2.40. The fourth-order valence-electron chi connectivity index (χ4n) is 0.843. The zero-order chi connectivity index (χ0) is 7.56. The first kappa shape index (κ1) is 8.14. The van der Waals surface area contributed by atoms with Gasteiger partial charge < -0.3 is 0 Å². The van der Waals surface area contributed by atoms with Gasteiger partial charge in [0.25, 0.3) is 0 Å². The fraction of sp³-hybridized carbons (Fsp3) is 0.333. The van der Waals surface area contributed by atoms with Crippen molar-refractivity contribution in [3.63, 3.8) is 0 Å². The quantitative estimate of drug-likeness (QED) is 0.661. The summed E-state index contributed by atoms with van der Waals surface area (Å²) in [4.78, 5) is 4.79. The molecule has 1 rings (SSSR count). The van der Waals surface area contributed by atoms with Crippen LogP contribution in [0.2, 0.25) is 9.74 Å². The van der Waals surface area contributed by atoms with Gasteiger partial charge in [0.05, 0.1) is 0 Å². The van der Waals surface area contributed by atoms with Crippen molar-refractivity contribution in [2.75, 3.05) is 0 Å². The zero-order valence-electron chi connectivity index (χ0n) is 6.76. The molecule has 0 heterocycles. The molecule has 54 valence electrons. The van der Waals surface area contributed by atoms with Crippen LogP contribution in [0.1, 0.15) is 5.56 Å². The molecule has 1 aromatic rings. The molecule has 0 atom stereocenters. The molecule has 0 unspecified atom stereocenters. The Labute approximate surface area is 70.2 Å². The van der Waals surface area contributed by atoms with Crippen molar-refractivity contribution in [2.45, 2.75) is 16.7 Å². The Morgan fingerprint density at radius 2 is 1.50 bits per heavy atom. The number of hydrogen-bond acceptors (Lipinski definition) is 0. The minimum absolute atomic E-state index is 0.934. The van der Waals surface area contributed by atoms with Gasteiger partial charge in [-0.3, -0.25) is 0 Å². The van der Waals surface area contributed by atoms with Crippen molar-refractivity contribution >= 4 is 23.7 Å². The predicted octanol–water partition coefficient (Wildman–Crippen LogP) is 1.96. The van der Waals surface area contributed by atoms with E-state index in [-0.39, 0.29) is 0 Å². The molecule has 0 saturated carbocycles. The van der Waals surface area contributed by atoms with E-state index in [2.05, 4.69) is 40.9 Å². The number of hydrogen-bond donors (Lipinski definition) is 0. The van der Waals surface area contributed by atoms with Crippen molar-refractivity contribution in [3.8, 4) is 0 Å². The van der Waals surface area contributed by atoms with Crippen LogP contribution in [-0.2, 0) is 0 Å². The van der Waals surface area contributed by atoms with Crippen LogP contribution in [-0.4, -0.2) is 20.2 Å². The second-order valence-electron chi connectivity index (χ2n) is 2.73. The molecule has 0 nitrogen and oxygen atoms in total. The molecule has 0 aliphatic rings. The Morgan fingerprint density at radius 3 is 1.90 bits per heavy atom. The van der Waals surface area contributed by atoms with Gasteiger partial charge in [0.2, 0.25) is 0 Å². The topological polar surface area (TPSA) is 0 Å². The van der Waals surface area contributed by atoms with Crippen LogP contribution in [0.3, 0.4) is 0 Å². The molecule has 10 heavy (non-hydrogen) atoms. The van der Waals surface area contributed by atoms with E-state index >= 15 is 0 Å². The van der Waals surface area contributed by atoms with E-state index in [1.807, 2.05) is 0 Å². The first-order valence-electron chi connectivity index (χ1n) is 3.44. The second kappa shape index (κ2) is 3.44. The average Bonchev–Trinajstić information content (AvgIpc) is 1.88. The minimum atomic E-state index is -0.934.